The van der Waals surface area contributed by atoms with Crippen LogP contribution in [0.25, 0.3) is 0 Å². The highest BCUT2D eigenvalue weighted by Gasteiger charge is 2.55. The van der Waals surface area contributed by atoms with E-state index in [1.54, 1.807) is 0 Å². The summed E-state index contributed by atoms with van der Waals surface area (Å²) in [4.78, 5) is 11.8. The van der Waals surface area contributed by atoms with Gasteiger partial charge in [-0.25, -0.2) is 0 Å². The molecule has 0 bridgehead atoms. The summed E-state index contributed by atoms with van der Waals surface area (Å²) in [5.74, 6) is 2.51. The van der Waals surface area contributed by atoms with Crippen molar-refractivity contribution in [3.05, 3.63) is 36.0 Å². The Labute approximate surface area is 128 Å². The molecule has 0 aromatic carbocycles. The van der Waals surface area contributed by atoms with Gasteiger partial charge in [0.2, 0.25) is 0 Å². The Hall–Kier alpha value is -1.11. The summed E-state index contributed by atoms with van der Waals surface area (Å²) >= 11 is 0. The average Bonchev–Trinajstić information content (AvgIpc) is 2.76. The molecule has 4 aliphatic carbocycles. The molecule has 0 amide bonds. The van der Waals surface area contributed by atoms with Gasteiger partial charge in [0.05, 0.1) is 0 Å². The van der Waals surface area contributed by atoms with E-state index < -0.39 is 0 Å². The molecule has 4 aliphatic rings. The van der Waals surface area contributed by atoms with Crippen LogP contribution in [-0.4, -0.2) is 5.78 Å². The van der Waals surface area contributed by atoms with E-state index in [-0.39, 0.29) is 5.41 Å². The van der Waals surface area contributed by atoms with Gasteiger partial charge in [-0.1, -0.05) is 38.2 Å². The Morgan fingerprint density at radius 2 is 1.86 bits per heavy atom. The molecule has 4 rings (SSSR count). The average molecular weight is 282 g/mol. The van der Waals surface area contributed by atoms with Crippen LogP contribution in [0.3, 0.4) is 0 Å². The maximum atomic E-state index is 11.8. The highest BCUT2D eigenvalue weighted by atomic mass is 16.1. The van der Waals surface area contributed by atoms with Crippen LogP contribution in [0.2, 0.25) is 0 Å². The number of hydrogen-bond acceptors (Lipinski definition) is 1. The third-order valence-electron chi connectivity index (χ3n) is 7.47. The van der Waals surface area contributed by atoms with Crippen molar-refractivity contribution in [3.8, 4) is 0 Å². The van der Waals surface area contributed by atoms with Gasteiger partial charge in [-0.2, -0.15) is 0 Å². The predicted octanol–water partition coefficient (Wildman–Crippen LogP) is 4.85. The normalized spacial score (nSPS) is 48.5. The zero-order valence-electron chi connectivity index (χ0n) is 13.3. The third kappa shape index (κ3) is 1.67. The first kappa shape index (κ1) is 13.5. The Morgan fingerprint density at radius 1 is 1.10 bits per heavy atom. The molecule has 0 heterocycles. The Balaban J connectivity index is 1.77. The molecule has 2 fully saturated rings. The molecule has 0 spiro atoms. The molecule has 112 valence electrons. The molecule has 0 N–H and O–H groups in total. The molecule has 5 atom stereocenters. The summed E-state index contributed by atoms with van der Waals surface area (Å²) in [6.07, 6.45) is 13.6. The van der Waals surface area contributed by atoms with Gasteiger partial charge in [0.1, 0.15) is 0 Å². The van der Waals surface area contributed by atoms with Crippen LogP contribution < -0.4 is 0 Å². The van der Waals surface area contributed by atoms with Crippen LogP contribution in [0, 0.1) is 28.6 Å². The highest BCUT2D eigenvalue weighted by molar-refractivity contribution is 5.92. The lowest BCUT2D eigenvalue weighted by Gasteiger charge is -2.55. The van der Waals surface area contributed by atoms with E-state index in [0.717, 1.165) is 24.7 Å². The molecule has 3 unspecified atom stereocenters. The van der Waals surface area contributed by atoms with Crippen LogP contribution in [0.15, 0.2) is 36.0 Å². The first-order valence-corrected chi connectivity index (χ1v) is 8.57. The molecule has 0 radical (unpaired) electrons. The van der Waals surface area contributed by atoms with E-state index in [1.165, 1.54) is 36.8 Å². The fraction of sp³-hybridized carbons (Fsp3) is 0.650. The lowest BCUT2D eigenvalue weighted by Crippen LogP contribution is -2.47. The van der Waals surface area contributed by atoms with Crippen LogP contribution in [-0.2, 0) is 4.79 Å². The van der Waals surface area contributed by atoms with E-state index in [1.807, 2.05) is 6.08 Å². The molecule has 0 aromatic rings. The van der Waals surface area contributed by atoms with Gasteiger partial charge in [0, 0.05) is 6.42 Å². The Morgan fingerprint density at radius 3 is 2.67 bits per heavy atom. The molecule has 0 aliphatic heterocycles. The second-order valence-corrected chi connectivity index (χ2v) is 8.23. The van der Waals surface area contributed by atoms with E-state index in [9.17, 15) is 4.79 Å². The molecule has 21 heavy (non-hydrogen) atoms. The zero-order chi connectivity index (χ0) is 14.8. The van der Waals surface area contributed by atoms with Gasteiger partial charge in [-0.3, -0.25) is 4.79 Å². The molecule has 0 saturated heterocycles. The van der Waals surface area contributed by atoms with Crippen LogP contribution in [0.1, 0.15) is 52.4 Å². The number of carbonyl (C=O) groups is 1. The number of fused-ring (bicyclic) bond motifs is 5. The van der Waals surface area contributed by atoms with Crippen LogP contribution in [0.5, 0.6) is 0 Å². The topological polar surface area (TPSA) is 17.1 Å². The lowest BCUT2D eigenvalue weighted by atomic mass is 9.49. The second-order valence-electron chi connectivity index (χ2n) is 8.23. The smallest absolute Gasteiger partial charge is 0.156 e. The quantitative estimate of drug-likeness (QED) is 0.580. The number of rotatable bonds is 0. The minimum Gasteiger partial charge on any atom is -0.295 e. The van der Waals surface area contributed by atoms with E-state index in [2.05, 4.69) is 32.6 Å². The zero-order valence-corrected chi connectivity index (χ0v) is 13.3. The lowest BCUT2D eigenvalue weighted by molar-refractivity contribution is -0.116. The summed E-state index contributed by atoms with van der Waals surface area (Å²) in [6.45, 7) is 9.25. The second kappa shape index (κ2) is 4.21. The van der Waals surface area contributed by atoms with Gasteiger partial charge in [-0.15, -0.1) is 0 Å². The van der Waals surface area contributed by atoms with Gasteiger partial charge < -0.3 is 0 Å². The van der Waals surface area contributed by atoms with Crippen molar-refractivity contribution < 1.29 is 4.79 Å². The molecule has 2 saturated carbocycles. The fourth-order valence-corrected chi connectivity index (χ4v) is 5.91. The highest BCUT2D eigenvalue weighted by Crippen LogP contribution is 2.64. The van der Waals surface area contributed by atoms with E-state index in [0.29, 0.717) is 17.1 Å². The van der Waals surface area contributed by atoms with Crippen LogP contribution >= 0.6 is 0 Å². The largest absolute Gasteiger partial charge is 0.295 e. The predicted molar refractivity (Wildman–Crippen MR) is 85.8 cm³/mol. The monoisotopic (exact) mass is 282 g/mol. The summed E-state index contributed by atoms with van der Waals surface area (Å²) in [6, 6.07) is 0. The Kier molecular flexibility index (Phi) is 2.72. The minimum absolute atomic E-state index is 0.235. The number of carbonyl (C=O) groups excluding carboxylic acids is 1. The number of hydrogen-bond donors (Lipinski definition) is 0. The fourth-order valence-electron chi connectivity index (χ4n) is 5.91. The van der Waals surface area contributed by atoms with Gasteiger partial charge >= 0.3 is 0 Å². The van der Waals surface area contributed by atoms with Crippen molar-refractivity contribution >= 4 is 5.78 Å². The van der Waals surface area contributed by atoms with Gasteiger partial charge in [0.25, 0.3) is 0 Å². The molecule has 1 nitrogen and oxygen atoms in total. The number of allylic oxidation sites excluding steroid dienone is 5. The summed E-state index contributed by atoms with van der Waals surface area (Å²) in [5, 5.41) is 0. The van der Waals surface area contributed by atoms with Crippen LogP contribution in [0.4, 0.5) is 0 Å². The standard InChI is InChI=1S/C20H26O/c1-13-4-7-17-16-6-5-14-12-15(21)8-10-20(14,3)18(16)9-11-19(13,17)2/h5-6,12,16-18H,1,4,7-11H2,2-3H3/t16?,17?,18?,19-,20+/m1/s1. The summed E-state index contributed by atoms with van der Waals surface area (Å²) < 4.78 is 0. The summed E-state index contributed by atoms with van der Waals surface area (Å²) in [7, 11) is 0. The van der Waals surface area contributed by atoms with Crippen molar-refractivity contribution in [2.24, 2.45) is 28.6 Å². The van der Waals surface area contributed by atoms with E-state index >= 15 is 0 Å². The summed E-state index contributed by atoms with van der Waals surface area (Å²) in [5.41, 5.74) is 3.40. The maximum Gasteiger partial charge on any atom is 0.156 e. The van der Waals surface area contributed by atoms with Gasteiger partial charge in [-0.05, 0) is 72.3 Å². The van der Waals surface area contributed by atoms with Crippen molar-refractivity contribution in [2.75, 3.05) is 0 Å². The number of ketones is 1. The van der Waals surface area contributed by atoms with Crippen molar-refractivity contribution in [1.82, 2.24) is 0 Å². The first-order valence-electron chi connectivity index (χ1n) is 8.57. The van der Waals surface area contributed by atoms with E-state index in [4.69, 9.17) is 0 Å². The molecular weight excluding hydrogens is 256 g/mol. The Bertz CT molecular complexity index is 581. The molecule has 1 heteroatoms. The molecular formula is C20H26O. The van der Waals surface area contributed by atoms with Crippen molar-refractivity contribution in [2.45, 2.75) is 52.4 Å². The third-order valence-corrected chi connectivity index (χ3v) is 7.47. The van der Waals surface area contributed by atoms with Crippen molar-refractivity contribution in [3.63, 3.8) is 0 Å². The van der Waals surface area contributed by atoms with Gasteiger partial charge in [0.15, 0.2) is 5.78 Å². The first-order chi connectivity index (χ1) is 9.95. The molecule has 0 aromatic heterocycles. The van der Waals surface area contributed by atoms with Crippen molar-refractivity contribution in [1.29, 1.82) is 0 Å². The minimum atomic E-state index is 0.235. The maximum absolute atomic E-state index is 11.8. The SMILES string of the molecule is C=C1CCC2C3C=CC4=CC(=O)CC[C@]4(C)C3CC[C@]12C.